The van der Waals surface area contributed by atoms with E-state index in [9.17, 15) is 19.2 Å². The molecule has 2 saturated heterocycles. The lowest BCUT2D eigenvalue weighted by atomic mass is 9.77. The molecular weight excluding hydrogens is 572 g/mol. The van der Waals surface area contributed by atoms with E-state index in [1.165, 1.54) is 0 Å². The largest absolute Gasteiger partial charge is 0.457 e. The van der Waals surface area contributed by atoms with Gasteiger partial charge >= 0.3 is 18.0 Å². The Morgan fingerprint density at radius 1 is 0.822 bits per heavy atom. The van der Waals surface area contributed by atoms with Gasteiger partial charge < -0.3 is 24.0 Å². The Bertz CT molecular complexity index is 1590. The van der Waals surface area contributed by atoms with Gasteiger partial charge in [0.25, 0.3) is 5.91 Å². The fraction of sp³-hybridized carbons (Fsp3) is 0.333. The first kappa shape index (κ1) is 30.1. The van der Waals surface area contributed by atoms with Gasteiger partial charge in [-0.1, -0.05) is 86.7 Å². The van der Waals surface area contributed by atoms with Crippen LogP contribution in [0.15, 0.2) is 97.1 Å². The highest BCUT2D eigenvalue weighted by molar-refractivity contribution is 6.01. The van der Waals surface area contributed by atoms with E-state index in [2.05, 4.69) is 0 Å². The van der Waals surface area contributed by atoms with E-state index in [-0.39, 0.29) is 25.0 Å². The van der Waals surface area contributed by atoms with Gasteiger partial charge in [-0.25, -0.2) is 9.59 Å². The van der Waals surface area contributed by atoms with Crippen molar-refractivity contribution in [3.8, 4) is 0 Å². The fourth-order valence-corrected chi connectivity index (χ4v) is 6.27. The predicted molar refractivity (Wildman–Crippen MR) is 166 cm³/mol. The normalized spacial score (nSPS) is 23.1. The minimum absolute atomic E-state index is 0.00138. The van der Waals surface area contributed by atoms with Gasteiger partial charge in [-0.2, -0.15) is 0 Å². The average Bonchev–Trinajstić information content (AvgIpc) is 3.30. The number of anilines is 1. The first-order valence-corrected chi connectivity index (χ1v) is 15.2. The molecular formula is C36H36N2O7. The summed E-state index contributed by atoms with van der Waals surface area (Å²) in [5, 5.41) is 0. The molecule has 4 atom stereocenters. The van der Waals surface area contributed by atoms with Crippen LogP contribution >= 0.6 is 0 Å². The molecule has 45 heavy (non-hydrogen) atoms. The van der Waals surface area contributed by atoms with Crippen LogP contribution in [0.3, 0.4) is 0 Å². The Balaban J connectivity index is 1.08. The Labute approximate surface area is 262 Å². The second kappa shape index (κ2) is 12.6. The van der Waals surface area contributed by atoms with Crippen molar-refractivity contribution in [1.29, 1.82) is 0 Å². The molecule has 0 N–H and O–H groups in total. The zero-order chi connectivity index (χ0) is 31.6. The third-order valence-electron chi connectivity index (χ3n) is 8.71. The van der Waals surface area contributed by atoms with E-state index >= 15 is 0 Å². The Morgan fingerprint density at radius 3 is 2.07 bits per heavy atom. The minimum atomic E-state index is -0.997. The average molecular weight is 609 g/mol. The number of carbonyl (C=O) groups excluding carboxylic acids is 4. The number of fused-ring (bicyclic) bond motifs is 2. The second-order valence-corrected chi connectivity index (χ2v) is 12.5. The molecule has 0 radical (unpaired) electrons. The number of hydrogen-bond donors (Lipinski definition) is 0. The van der Waals surface area contributed by atoms with E-state index in [1.807, 2.05) is 86.7 Å². The molecule has 3 aromatic rings. The third kappa shape index (κ3) is 6.48. The number of esters is 2. The number of nitrogens with zero attached hydrogens (tertiary/aromatic N) is 2. The van der Waals surface area contributed by atoms with Gasteiger partial charge in [0.1, 0.15) is 13.2 Å². The highest BCUT2D eigenvalue weighted by Crippen LogP contribution is 2.40. The van der Waals surface area contributed by atoms with Gasteiger partial charge in [0.2, 0.25) is 0 Å². The molecule has 0 spiro atoms. The molecule has 4 aliphatic rings. The molecule has 0 unspecified atom stereocenters. The number of amides is 2. The lowest BCUT2D eigenvalue weighted by Crippen LogP contribution is -2.56. The Morgan fingerprint density at radius 2 is 1.44 bits per heavy atom. The van der Waals surface area contributed by atoms with Crippen molar-refractivity contribution in [3.63, 3.8) is 0 Å². The SMILES string of the molecule is CC1(C)CN(c2ccc(C(=O)OCc3ccccc3)cc2)C(=O)[C@@H]1OC(=O)[C@H]1C[C@H]2C=C[C@@H]1N(C(=O)OCc1ccccc1)C2. The number of hydrogen-bond acceptors (Lipinski definition) is 7. The molecule has 2 fully saturated rings. The molecule has 2 bridgehead atoms. The van der Waals surface area contributed by atoms with Crippen molar-refractivity contribution in [1.82, 2.24) is 4.90 Å². The molecule has 7 rings (SSSR count). The van der Waals surface area contributed by atoms with E-state index in [4.69, 9.17) is 14.2 Å². The zero-order valence-electron chi connectivity index (χ0n) is 25.3. The third-order valence-corrected chi connectivity index (χ3v) is 8.71. The van der Waals surface area contributed by atoms with Gasteiger partial charge in [-0.05, 0) is 47.7 Å². The summed E-state index contributed by atoms with van der Waals surface area (Å²) in [5.41, 5.74) is 2.07. The smallest absolute Gasteiger partial charge is 0.410 e. The van der Waals surface area contributed by atoms with E-state index < -0.39 is 41.5 Å². The number of ether oxygens (including phenoxy) is 3. The number of benzene rings is 3. The van der Waals surface area contributed by atoms with Crippen LogP contribution in [0.5, 0.6) is 0 Å². The summed E-state index contributed by atoms with van der Waals surface area (Å²) >= 11 is 0. The first-order valence-electron chi connectivity index (χ1n) is 15.2. The molecule has 232 valence electrons. The number of piperidine rings is 1. The van der Waals surface area contributed by atoms with E-state index in [0.29, 0.717) is 30.8 Å². The van der Waals surface area contributed by atoms with Crippen LogP contribution in [0, 0.1) is 17.3 Å². The lowest BCUT2D eigenvalue weighted by molar-refractivity contribution is -0.166. The topological polar surface area (TPSA) is 102 Å². The van der Waals surface area contributed by atoms with E-state index in [0.717, 1.165) is 11.1 Å². The summed E-state index contributed by atoms with van der Waals surface area (Å²) in [4.78, 5) is 56.0. The van der Waals surface area contributed by atoms with Crippen molar-refractivity contribution < 1.29 is 33.4 Å². The quantitative estimate of drug-likeness (QED) is 0.188. The summed E-state index contributed by atoms with van der Waals surface area (Å²) in [6.07, 6.45) is 2.96. The number of rotatable bonds is 8. The Kier molecular flexibility index (Phi) is 8.43. The lowest BCUT2D eigenvalue weighted by Gasteiger charge is -2.44. The Hall–Kier alpha value is -4.92. The van der Waals surface area contributed by atoms with Crippen molar-refractivity contribution in [2.45, 2.75) is 45.6 Å². The second-order valence-electron chi connectivity index (χ2n) is 12.5. The highest BCUT2D eigenvalue weighted by Gasteiger charge is 2.52. The molecule has 1 aliphatic carbocycles. The molecule has 9 nitrogen and oxygen atoms in total. The molecule has 9 heteroatoms. The van der Waals surface area contributed by atoms with Crippen LogP contribution in [0.1, 0.15) is 41.8 Å². The van der Waals surface area contributed by atoms with Gasteiger partial charge in [0.15, 0.2) is 6.10 Å². The summed E-state index contributed by atoms with van der Waals surface area (Å²) in [7, 11) is 0. The van der Waals surface area contributed by atoms with Crippen LogP contribution < -0.4 is 4.90 Å². The maximum absolute atomic E-state index is 13.6. The first-order chi connectivity index (χ1) is 21.7. The molecule has 3 aromatic carbocycles. The van der Waals surface area contributed by atoms with Gasteiger partial charge in [0.05, 0.1) is 17.5 Å². The minimum Gasteiger partial charge on any atom is -0.457 e. The van der Waals surface area contributed by atoms with Crippen molar-refractivity contribution in [3.05, 3.63) is 114 Å². The van der Waals surface area contributed by atoms with Crippen molar-refractivity contribution in [2.24, 2.45) is 17.3 Å². The predicted octanol–water partition coefficient (Wildman–Crippen LogP) is 5.54. The fourth-order valence-electron chi connectivity index (χ4n) is 6.27. The van der Waals surface area contributed by atoms with Crippen LogP contribution in [0.2, 0.25) is 0 Å². The van der Waals surface area contributed by atoms with E-state index in [1.54, 1.807) is 34.1 Å². The summed E-state index contributed by atoms with van der Waals surface area (Å²) < 4.78 is 16.9. The van der Waals surface area contributed by atoms with Crippen molar-refractivity contribution in [2.75, 3.05) is 18.0 Å². The standard InChI is InChI=1S/C36H36N2O7/c1-36(2)23-38(28-16-14-27(15-17-28)33(40)43-21-24-9-5-3-6-10-24)32(39)31(36)45-34(41)29-19-26-13-18-30(29)37(20-26)35(42)44-22-25-11-7-4-8-12-25/h3-18,26,29-31H,19-23H2,1-2H3/t26-,29+,30+,31+/m1/s1. The summed E-state index contributed by atoms with van der Waals surface area (Å²) in [5.74, 6) is -1.89. The van der Waals surface area contributed by atoms with Gasteiger partial charge in [-0.15, -0.1) is 0 Å². The van der Waals surface area contributed by atoms with Crippen LogP contribution in [-0.4, -0.2) is 54.1 Å². The number of carbonyl (C=O) groups is 4. The summed E-state index contributed by atoms with van der Waals surface area (Å²) in [6, 6.07) is 25.0. The van der Waals surface area contributed by atoms with Crippen LogP contribution in [0.25, 0.3) is 0 Å². The maximum atomic E-state index is 13.6. The van der Waals surface area contributed by atoms with Gasteiger partial charge in [0, 0.05) is 24.2 Å². The molecule has 3 aliphatic heterocycles. The van der Waals surface area contributed by atoms with Crippen LogP contribution in [0.4, 0.5) is 10.5 Å². The summed E-state index contributed by atoms with van der Waals surface area (Å²) in [6.45, 7) is 4.88. The molecule has 0 saturated carbocycles. The molecule has 2 amide bonds. The molecule has 3 heterocycles. The van der Waals surface area contributed by atoms with Crippen LogP contribution in [-0.2, 0) is 37.0 Å². The maximum Gasteiger partial charge on any atom is 0.410 e. The highest BCUT2D eigenvalue weighted by atomic mass is 16.6. The van der Waals surface area contributed by atoms with Gasteiger partial charge in [-0.3, -0.25) is 9.59 Å². The molecule has 0 aromatic heterocycles. The monoisotopic (exact) mass is 608 g/mol. The van der Waals surface area contributed by atoms with Crippen molar-refractivity contribution >= 4 is 29.6 Å². The zero-order valence-corrected chi connectivity index (χ0v) is 25.3.